The number of allylic oxidation sites excluding steroid dienone is 2. The summed E-state index contributed by atoms with van der Waals surface area (Å²) in [4.78, 5) is 10.1. The minimum absolute atomic E-state index is 0.153. The molecule has 0 amide bonds. The van der Waals surface area contributed by atoms with E-state index in [-0.39, 0.29) is 6.42 Å². The topological polar surface area (TPSA) is 57.5 Å². The van der Waals surface area contributed by atoms with E-state index < -0.39 is 12.1 Å². The number of hydrogen-bond acceptors (Lipinski definition) is 2. The van der Waals surface area contributed by atoms with Crippen LogP contribution >= 0.6 is 0 Å². The van der Waals surface area contributed by atoms with Crippen LogP contribution in [-0.2, 0) is 4.79 Å². The quantitative estimate of drug-likeness (QED) is 0.598. The van der Waals surface area contributed by atoms with Crippen LogP contribution in [0.5, 0.6) is 0 Å². The molecule has 0 radical (unpaired) electrons. The Hall–Kier alpha value is -0.830. The first-order valence-corrected chi connectivity index (χ1v) is 4.21. The van der Waals surface area contributed by atoms with Gasteiger partial charge in [0.25, 0.3) is 0 Å². The van der Waals surface area contributed by atoms with Crippen LogP contribution in [-0.4, -0.2) is 22.3 Å². The Labute approximate surface area is 72.7 Å². The molecular weight excluding hydrogens is 156 g/mol. The lowest BCUT2D eigenvalue weighted by Crippen LogP contribution is -2.12. The van der Waals surface area contributed by atoms with Crippen molar-refractivity contribution in [3.63, 3.8) is 0 Å². The predicted octanol–water partition coefficient (Wildman–Crippen LogP) is 1.57. The zero-order valence-corrected chi connectivity index (χ0v) is 7.36. The van der Waals surface area contributed by atoms with E-state index >= 15 is 0 Å². The molecule has 12 heavy (non-hydrogen) atoms. The minimum atomic E-state index is -0.943. The van der Waals surface area contributed by atoms with E-state index in [9.17, 15) is 4.79 Å². The molecule has 0 spiro atoms. The van der Waals surface area contributed by atoms with Gasteiger partial charge in [-0.25, -0.2) is 0 Å². The van der Waals surface area contributed by atoms with E-state index in [2.05, 4.69) is 0 Å². The van der Waals surface area contributed by atoms with Gasteiger partial charge in [0, 0.05) is 0 Å². The molecule has 0 saturated carbocycles. The van der Waals surface area contributed by atoms with Crippen LogP contribution in [0.1, 0.15) is 32.6 Å². The molecule has 0 saturated heterocycles. The zero-order chi connectivity index (χ0) is 9.40. The smallest absolute Gasteiger partial charge is 0.305 e. The maximum absolute atomic E-state index is 10.1. The highest BCUT2D eigenvalue weighted by Gasteiger charge is 2.07. The van der Waals surface area contributed by atoms with Crippen LogP contribution in [0.15, 0.2) is 12.2 Å². The second kappa shape index (κ2) is 6.85. The van der Waals surface area contributed by atoms with E-state index in [1.165, 1.54) is 0 Å². The number of carboxylic acids is 1. The molecule has 2 N–H and O–H groups in total. The Morgan fingerprint density at radius 2 is 2.17 bits per heavy atom. The summed E-state index contributed by atoms with van der Waals surface area (Å²) in [6, 6.07) is 0. The third-order valence-electron chi connectivity index (χ3n) is 1.48. The summed E-state index contributed by atoms with van der Waals surface area (Å²) >= 11 is 0. The van der Waals surface area contributed by atoms with E-state index in [1.54, 1.807) is 0 Å². The van der Waals surface area contributed by atoms with Gasteiger partial charge >= 0.3 is 5.97 Å². The Morgan fingerprint density at radius 1 is 1.50 bits per heavy atom. The molecule has 0 aliphatic heterocycles. The zero-order valence-electron chi connectivity index (χ0n) is 7.36. The number of aliphatic hydroxyl groups is 1. The van der Waals surface area contributed by atoms with Gasteiger partial charge in [-0.3, -0.25) is 4.79 Å². The van der Waals surface area contributed by atoms with Crippen LogP contribution in [0.4, 0.5) is 0 Å². The Morgan fingerprint density at radius 3 is 2.67 bits per heavy atom. The lowest BCUT2D eigenvalue weighted by molar-refractivity contribution is -0.139. The first kappa shape index (κ1) is 11.2. The third kappa shape index (κ3) is 7.28. The standard InChI is InChI=1S/C9H16O3/c1-2-3-4-5-6-8(10)7-9(11)12/h3-4,8,10H,2,5-7H2,1H3,(H,11,12)/b4-3+. The van der Waals surface area contributed by atoms with Gasteiger partial charge in [0.15, 0.2) is 0 Å². The van der Waals surface area contributed by atoms with Crippen molar-refractivity contribution < 1.29 is 15.0 Å². The normalized spacial score (nSPS) is 13.5. The summed E-state index contributed by atoms with van der Waals surface area (Å²) in [5, 5.41) is 17.4. The molecule has 3 heteroatoms. The van der Waals surface area contributed by atoms with E-state index in [1.807, 2.05) is 19.1 Å². The summed E-state index contributed by atoms with van der Waals surface area (Å²) in [5.41, 5.74) is 0. The molecule has 0 heterocycles. The highest BCUT2D eigenvalue weighted by molar-refractivity contribution is 5.67. The average Bonchev–Trinajstić information content (AvgIpc) is 1.97. The van der Waals surface area contributed by atoms with Crippen LogP contribution < -0.4 is 0 Å². The van der Waals surface area contributed by atoms with Gasteiger partial charge in [-0.15, -0.1) is 0 Å². The van der Waals surface area contributed by atoms with E-state index in [0.717, 1.165) is 12.8 Å². The summed E-state index contributed by atoms with van der Waals surface area (Å²) in [5.74, 6) is -0.943. The SMILES string of the molecule is CC/C=C/CCC(O)CC(=O)O. The molecule has 1 unspecified atom stereocenters. The van der Waals surface area contributed by atoms with Gasteiger partial charge in [-0.05, 0) is 19.3 Å². The predicted molar refractivity (Wildman–Crippen MR) is 46.9 cm³/mol. The second-order valence-corrected chi connectivity index (χ2v) is 2.71. The number of aliphatic hydroxyl groups excluding tert-OH is 1. The molecule has 0 aliphatic carbocycles. The van der Waals surface area contributed by atoms with Crippen molar-refractivity contribution in [2.75, 3.05) is 0 Å². The molecule has 0 aliphatic rings. The molecule has 1 atom stereocenters. The Balaban J connectivity index is 3.37. The van der Waals surface area contributed by atoms with Gasteiger partial charge in [0.2, 0.25) is 0 Å². The highest BCUT2D eigenvalue weighted by atomic mass is 16.4. The van der Waals surface area contributed by atoms with Gasteiger partial charge in [-0.1, -0.05) is 19.1 Å². The van der Waals surface area contributed by atoms with Gasteiger partial charge in [0.05, 0.1) is 12.5 Å². The van der Waals surface area contributed by atoms with Crippen molar-refractivity contribution in [3.8, 4) is 0 Å². The molecule has 0 fully saturated rings. The minimum Gasteiger partial charge on any atom is -0.481 e. The fourth-order valence-electron chi connectivity index (χ4n) is 0.877. The van der Waals surface area contributed by atoms with Gasteiger partial charge in [-0.2, -0.15) is 0 Å². The average molecular weight is 172 g/mol. The van der Waals surface area contributed by atoms with Crippen LogP contribution in [0.2, 0.25) is 0 Å². The van der Waals surface area contributed by atoms with E-state index in [4.69, 9.17) is 10.2 Å². The van der Waals surface area contributed by atoms with E-state index in [0.29, 0.717) is 6.42 Å². The number of carboxylic acid groups (broad SMARTS) is 1. The van der Waals surface area contributed by atoms with Crippen molar-refractivity contribution in [2.45, 2.75) is 38.7 Å². The van der Waals surface area contributed by atoms with Crippen molar-refractivity contribution in [2.24, 2.45) is 0 Å². The van der Waals surface area contributed by atoms with Crippen LogP contribution in [0.25, 0.3) is 0 Å². The molecule has 0 rings (SSSR count). The van der Waals surface area contributed by atoms with Crippen LogP contribution in [0, 0.1) is 0 Å². The molecule has 0 aromatic rings. The number of rotatable bonds is 6. The molecule has 3 nitrogen and oxygen atoms in total. The van der Waals surface area contributed by atoms with Gasteiger partial charge < -0.3 is 10.2 Å². The first-order chi connectivity index (χ1) is 5.66. The summed E-state index contributed by atoms with van der Waals surface area (Å²) in [7, 11) is 0. The molecular formula is C9H16O3. The molecule has 70 valence electrons. The summed E-state index contributed by atoms with van der Waals surface area (Å²) in [6.07, 6.45) is 5.38. The summed E-state index contributed by atoms with van der Waals surface area (Å²) in [6.45, 7) is 2.03. The third-order valence-corrected chi connectivity index (χ3v) is 1.48. The lowest BCUT2D eigenvalue weighted by Gasteiger charge is -2.04. The highest BCUT2D eigenvalue weighted by Crippen LogP contribution is 2.02. The lowest BCUT2D eigenvalue weighted by atomic mass is 10.1. The van der Waals surface area contributed by atoms with Crippen molar-refractivity contribution in [1.29, 1.82) is 0 Å². The fraction of sp³-hybridized carbons (Fsp3) is 0.667. The molecule has 0 aromatic heterocycles. The monoisotopic (exact) mass is 172 g/mol. The largest absolute Gasteiger partial charge is 0.481 e. The number of aliphatic carboxylic acids is 1. The Kier molecular flexibility index (Phi) is 6.38. The second-order valence-electron chi connectivity index (χ2n) is 2.71. The molecule has 0 bridgehead atoms. The van der Waals surface area contributed by atoms with Crippen molar-refractivity contribution in [3.05, 3.63) is 12.2 Å². The number of hydrogen-bond donors (Lipinski definition) is 2. The maximum atomic E-state index is 10.1. The van der Waals surface area contributed by atoms with Crippen molar-refractivity contribution >= 4 is 5.97 Å². The first-order valence-electron chi connectivity index (χ1n) is 4.21. The van der Waals surface area contributed by atoms with Gasteiger partial charge in [0.1, 0.15) is 0 Å². The Bertz CT molecular complexity index is 152. The maximum Gasteiger partial charge on any atom is 0.305 e. The molecule has 0 aromatic carbocycles. The van der Waals surface area contributed by atoms with Crippen LogP contribution in [0.3, 0.4) is 0 Å². The fourth-order valence-corrected chi connectivity index (χ4v) is 0.877. The van der Waals surface area contributed by atoms with Crippen molar-refractivity contribution in [1.82, 2.24) is 0 Å². The summed E-state index contributed by atoms with van der Waals surface area (Å²) < 4.78 is 0. The number of carbonyl (C=O) groups is 1.